The summed E-state index contributed by atoms with van der Waals surface area (Å²) >= 11 is 0. The summed E-state index contributed by atoms with van der Waals surface area (Å²) in [5.41, 5.74) is 30.0. The van der Waals surface area contributed by atoms with Crippen molar-refractivity contribution in [3.63, 3.8) is 0 Å². The second kappa shape index (κ2) is 18.0. The molecular weight excluding hydrogens is 1000 g/mol. The maximum absolute atomic E-state index is 2.88. The quantitative estimate of drug-likeness (QED) is 0.163. The summed E-state index contributed by atoms with van der Waals surface area (Å²) < 4.78 is 0. The Balaban J connectivity index is 1.23. The molecule has 0 amide bonds. The lowest BCUT2D eigenvalue weighted by Crippen LogP contribution is -2.62. The Morgan fingerprint density at radius 2 is 0.819 bits per heavy atom. The van der Waals surface area contributed by atoms with Gasteiger partial charge >= 0.3 is 0 Å². The molecule has 1 saturated carbocycles. The highest BCUT2D eigenvalue weighted by Crippen LogP contribution is 2.63. The molecule has 0 saturated heterocycles. The highest BCUT2D eigenvalue weighted by atomic mass is 15.3. The van der Waals surface area contributed by atoms with E-state index in [0.29, 0.717) is 0 Å². The van der Waals surface area contributed by atoms with E-state index in [-0.39, 0.29) is 55.6 Å². The molecule has 1 fully saturated rings. The molecule has 3 aliphatic heterocycles. The number of rotatable bonds is 4. The third kappa shape index (κ3) is 8.37. The number of hydrogen-bond acceptors (Lipinski definition) is 3. The smallest absolute Gasteiger partial charge is 0.252 e. The molecule has 6 aliphatic rings. The predicted octanol–water partition coefficient (Wildman–Crippen LogP) is 20.1. The van der Waals surface area contributed by atoms with Gasteiger partial charge in [-0.25, -0.2) is 0 Å². The van der Waals surface area contributed by atoms with E-state index >= 15 is 0 Å². The third-order valence-corrected chi connectivity index (χ3v) is 22.7. The molecule has 2 unspecified atom stereocenters. The topological polar surface area (TPSA) is 9.72 Å². The summed E-state index contributed by atoms with van der Waals surface area (Å²) in [7, 11) is 0. The first-order valence-electron chi connectivity index (χ1n) is 32.1. The Kier molecular flexibility index (Phi) is 12.2. The summed E-state index contributed by atoms with van der Waals surface area (Å²) in [4.78, 5) is 8.47. The van der Waals surface area contributed by atoms with Gasteiger partial charge in [-0.2, -0.15) is 0 Å². The first kappa shape index (κ1) is 56.2. The molecule has 7 aromatic rings. The molecule has 430 valence electrons. The minimum absolute atomic E-state index is 0.00470. The minimum Gasteiger partial charge on any atom is -0.334 e. The van der Waals surface area contributed by atoms with Crippen molar-refractivity contribution in [3.05, 3.63) is 171 Å². The van der Waals surface area contributed by atoms with Gasteiger partial charge in [-0.1, -0.05) is 210 Å². The molecule has 4 heteroatoms. The van der Waals surface area contributed by atoms with Gasteiger partial charge in [-0.05, 0) is 211 Å². The minimum atomic E-state index is -0.170. The van der Waals surface area contributed by atoms with Crippen molar-refractivity contribution in [2.75, 3.05) is 14.7 Å². The molecule has 0 bridgehead atoms. The Hall–Kier alpha value is -6.00. The predicted molar refractivity (Wildman–Crippen MR) is 360 cm³/mol. The number of anilines is 8. The number of fused-ring (bicyclic) bond motifs is 9. The maximum atomic E-state index is 2.88. The van der Waals surface area contributed by atoms with Crippen molar-refractivity contribution in [2.24, 2.45) is 0 Å². The van der Waals surface area contributed by atoms with Crippen molar-refractivity contribution in [1.82, 2.24) is 0 Å². The molecule has 0 spiro atoms. The third-order valence-electron chi connectivity index (χ3n) is 22.7. The molecule has 3 heterocycles. The van der Waals surface area contributed by atoms with Gasteiger partial charge in [0.05, 0.1) is 11.2 Å². The molecule has 0 N–H and O–H groups in total. The van der Waals surface area contributed by atoms with E-state index < -0.39 is 0 Å². The zero-order chi connectivity index (χ0) is 59.3. The van der Waals surface area contributed by atoms with Crippen LogP contribution in [0.4, 0.5) is 45.5 Å². The molecule has 0 radical (unpaired) electrons. The summed E-state index contributed by atoms with van der Waals surface area (Å²) in [5, 5.41) is 0. The van der Waals surface area contributed by atoms with Crippen LogP contribution in [-0.2, 0) is 43.3 Å². The van der Waals surface area contributed by atoms with Gasteiger partial charge in [-0.15, -0.1) is 0 Å². The van der Waals surface area contributed by atoms with Crippen LogP contribution in [0.15, 0.2) is 121 Å². The van der Waals surface area contributed by atoms with Crippen molar-refractivity contribution in [3.8, 4) is 11.1 Å². The fourth-order valence-electron chi connectivity index (χ4n) is 16.8. The summed E-state index contributed by atoms with van der Waals surface area (Å²) in [6.07, 6.45) is 9.41. The lowest BCUT2D eigenvalue weighted by atomic mass is 9.32. The van der Waals surface area contributed by atoms with Gasteiger partial charge in [0.25, 0.3) is 6.71 Å². The Labute approximate surface area is 501 Å². The van der Waals surface area contributed by atoms with E-state index in [4.69, 9.17) is 0 Å². The lowest BCUT2D eigenvalue weighted by Gasteiger charge is -2.52. The lowest BCUT2D eigenvalue weighted by molar-refractivity contribution is 0.195. The molecule has 13 rings (SSSR count). The number of benzene rings is 7. The Morgan fingerprint density at radius 1 is 0.386 bits per heavy atom. The van der Waals surface area contributed by atoms with Crippen molar-refractivity contribution < 1.29 is 0 Å². The molecular formula is C79H96BN3. The van der Waals surface area contributed by atoms with Crippen LogP contribution in [0.3, 0.4) is 0 Å². The fraction of sp³-hybridized carbons (Fsp3) is 0.468. The number of hydrogen-bond donors (Lipinski definition) is 0. The molecule has 0 aromatic heterocycles. The van der Waals surface area contributed by atoms with Crippen LogP contribution >= 0.6 is 0 Å². The van der Waals surface area contributed by atoms with Crippen LogP contribution in [-0.4, -0.2) is 12.3 Å². The zero-order valence-corrected chi connectivity index (χ0v) is 54.6. The van der Waals surface area contributed by atoms with Crippen LogP contribution in [0, 0.1) is 6.92 Å². The Bertz CT molecular complexity index is 3830. The van der Waals surface area contributed by atoms with Gasteiger partial charge in [0, 0.05) is 50.8 Å². The molecule has 2 atom stereocenters. The van der Waals surface area contributed by atoms with Gasteiger partial charge in [0.15, 0.2) is 0 Å². The standard InChI is InChI=1S/C79H96BN3/c1-49-40-51(71(2,3)4)28-31-63(49)81-66-47-58-56(74(11,12)36-38-76(58,15)16)45-61(66)80-62-46-57-59(77(17,18)39-37-75(57,13)14)48-67(62)82(64-32-29-52(72(5,6)7)41-55(64)50-26-22-21-23-27-50)69-44-54(43-68(81)70(69)80)83-65-33-30-53(73(8,9)10)42-60(65)78(19)34-24-25-35-79(78,83)20/h21-23,26-33,40-48H,24-25,34-39H2,1-20H3. The monoisotopic (exact) mass is 1100 g/mol. The average molecular weight is 1100 g/mol. The molecule has 3 aliphatic carbocycles. The van der Waals surface area contributed by atoms with Crippen LogP contribution in [0.2, 0.25) is 0 Å². The summed E-state index contributed by atoms with van der Waals surface area (Å²) in [6.45, 7) is 49.2. The summed E-state index contributed by atoms with van der Waals surface area (Å²) in [6, 6.07) is 50.2. The van der Waals surface area contributed by atoms with Crippen LogP contribution in [0.25, 0.3) is 11.1 Å². The van der Waals surface area contributed by atoms with Crippen molar-refractivity contribution >= 4 is 68.6 Å². The van der Waals surface area contributed by atoms with E-state index in [2.05, 4.69) is 275 Å². The van der Waals surface area contributed by atoms with E-state index in [9.17, 15) is 0 Å². The normalized spacial score (nSPS) is 22.5. The first-order valence-corrected chi connectivity index (χ1v) is 32.1. The van der Waals surface area contributed by atoms with Crippen molar-refractivity contribution in [2.45, 2.75) is 239 Å². The first-order chi connectivity index (χ1) is 38.7. The van der Waals surface area contributed by atoms with E-state index in [1.165, 1.54) is 149 Å². The van der Waals surface area contributed by atoms with E-state index in [1.54, 1.807) is 0 Å². The second-order valence-corrected chi connectivity index (χ2v) is 33.2. The Morgan fingerprint density at radius 3 is 1.31 bits per heavy atom. The van der Waals surface area contributed by atoms with E-state index in [0.717, 1.165) is 25.7 Å². The zero-order valence-electron chi connectivity index (χ0n) is 54.6. The van der Waals surface area contributed by atoms with Gasteiger partial charge in [-0.3, -0.25) is 0 Å². The van der Waals surface area contributed by atoms with Gasteiger partial charge in [0.1, 0.15) is 0 Å². The van der Waals surface area contributed by atoms with Gasteiger partial charge in [0.2, 0.25) is 0 Å². The number of nitrogens with zero attached hydrogens (tertiary/aromatic N) is 3. The molecule has 3 nitrogen and oxygen atoms in total. The van der Waals surface area contributed by atoms with Gasteiger partial charge < -0.3 is 14.7 Å². The highest BCUT2D eigenvalue weighted by Gasteiger charge is 2.59. The highest BCUT2D eigenvalue weighted by molar-refractivity contribution is 7.00. The molecule has 7 aromatic carbocycles. The fourth-order valence-corrected chi connectivity index (χ4v) is 16.8. The van der Waals surface area contributed by atoms with Crippen LogP contribution in [0.5, 0.6) is 0 Å². The van der Waals surface area contributed by atoms with E-state index in [1.807, 2.05) is 0 Å². The largest absolute Gasteiger partial charge is 0.334 e. The van der Waals surface area contributed by atoms with Crippen LogP contribution in [0.1, 0.15) is 233 Å². The second-order valence-electron chi connectivity index (χ2n) is 33.2. The molecule has 83 heavy (non-hydrogen) atoms. The number of aryl methyl sites for hydroxylation is 1. The summed E-state index contributed by atoms with van der Waals surface area (Å²) in [5.74, 6) is 0. The SMILES string of the molecule is Cc1cc(C(C)(C)C)ccc1N1c2cc3c(cc2B2c4cc5c(cc4N(c4ccc(C(C)(C)C)cc4-c4ccccc4)c4cc(N6c7ccc(C(C)(C)C)cc7C7(C)CCCCC67C)cc1c42)C(C)(C)CCC5(C)C)C(C)(C)CCC3(C)C. The maximum Gasteiger partial charge on any atom is 0.252 e. The van der Waals surface area contributed by atoms with Crippen molar-refractivity contribution in [1.29, 1.82) is 0 Å². The average Bonchev–Trinajstić information content (AvgIpc) is 1.66. The van der Waals surface area contributed by atoms with Crippen LogP contribution < -0.4 is 31.1 Å².